The van der Waals surface area contributed by atoms with Crippen molar-refractivity contribution in [1.29, 1.82) is 0 Å². The summed E-state index contributed by atoms with van der Waals surface area (Å²) in [5, 5.41) is 12.2. The van der Waals surface area contributed by atoms with Crippen molar-refractivity contribution < 1.29 is 4.79 Å². The molecule has 7 heteroatoms. The number of aromatic amines is 1. The second-order valence-corrected chi connectivity index (χ2v) is 6.33. The molecule has 2 amide bonds. The fourth-order valence-corrected chi connectivity index (χ4v) is 2.97. The number of carbonyl (C=O) groups excluding carboxylic acids is 1. The Morgan fingerprint density at radius 3 is 2.67 bits per heavy atom. The zero-order chi connectivity index (χ0) is 14.8. The predicted octanol–water partition coefficient (Wildman–Crippen LogP) is 1.28. The van der Waals surface area contributed by atoms with E-state index in [1.807, 2.05) is 0 Å². The third kappa shape index (κ3) is 3.46. The lowest BCUT2D eigenvalue weighted by Gasteiger charge is -2.26. The molecule has 7 nitrogen and oxygen atoms in total. The van der Waals surface area contributed by atoms with Crippen LogP contribution in [0.2, 0.25) is 0 Å². The standard InChI is InChI=1S/C14H23N5O2/c1-9-2-4-10(5-3-9)16-13(20)15-8-12-17-18-14(21)19(12)11-6-7-11/h9-11H,2-8H2,1H3,(H,18,21)(H2,15,16,20). The molecule has 0 atom stereocenters. The Kier molecular flexibility index (Phi) is 3.98. The van der Waals surface area contributed by atoms with E-state index in [4.69, 9.17) is 0 Å². The highest BCUT2D eigenvalue weighted by Crippen LogP contribution is 2.33. The molecule has 0 aliphatic heterocycles. The van der Waals surface area contributed by atoms with Crippen LogP contribution in [0.1, 0.15) is 57.3 Å². The largest absolute Gasteiger partial charge is 0.343 e. The molecule has 0 bridgehead atoms. The summed E-state index contributed by atoms with van der Waals surface area (Å²) in [7, 11) is 0. The summed E-state index contributed by atoms with van der Waals surface area (Å²) in [6.45, 7) is 2.54. The number of aromatic nitrogens is 3. The molecule has 116 valence electrons. The summed E-state index contributed by atoms with van der Waals surface area (Å²) in [5.41, 5.74) is -0.184. The van der Waals surface area contributed by atoms with E-state index in [0.717, 1.165) is 31.6 Å². The molecule has 1 heterocycles. The van der Waals surface area contributed by atoms with Gasteiger partial charge in [0, 0.05) is 12.1 Å². The van der Waals surface area contributed by atoms with Crippen molar-refractivity contribution in [2.45, 2.75) is 64.1 Å². The minimum Gasteiger partial charge on any atom is -0.335 e. The van der Waals surface area contributed by atoms with Crippen LogP contribution < -0.4 is 16.3 Å². The van der Waals surface area contributed by atoms with E-state index in [1.165, 1.54) is 12.8 Å². The predicted molar refractivity (Wildman–Crippen MR) is 77.9 cm³/mol. The lowest BCUT2D eigenvalue weighted by atomic mass is 9.87. The summed E-state index contributed by atoms with van der Waals surface area (Å²) in [6.07, 6.45) is 6.46. The highest BCUT2D eigenvalue weighted by atomic mass is 16.2. The molecule has 2 saturated carbocycles. The Labute approximate surface area is 123 Å². The van der Waals surface area contributed by atoms with Crippen molar-refractivity contribution in [2.24, 2.45) is 5.92 Å². The molecule has 1 aromatic rings. The van der Waals surface area contributed by atoms with Crippen molar-refractivity contribution in [2.75, 3.05) is 0 Å². The van der Waals surface area contributed by atoms with Crippen LogP contribution in [0.15, 0.2) is 4.79 Å². The van der Waals surface area contributed by atoms with Gasteiger partial charge < -0.3 is 10.6 Å². The van der Waals surface area contributed by atoms with Crippen molar-refractivity contribution in [1.82, 2.24) is 25.4 Å². The molecule has 2 aliphatic carbocycles. The summed E-state index contributed by atoms with van der Waals surface area (Å²) < 4.78 is 1.66. The number of hydrogen-bond acceptors (Lipinski definition) is 3. The van der Waals surface area contributed by atoms with E-state index in [2.05, 4.69) is 27.8 Å². The minimum absolute atomic E-state index is 0.174. The van der Waals surface area contributed by atoms with Crippen molar-refractivity contribution in [3.05, 3.63) is 16.3 Å². The average Bonchev–Trinajstić information content (AvgIpc) is 3.23. The van der Waals surface area contributed by atoms with Crippen LogP contribution in [0.5, 0.6) is 0 Å². The molecule has 3 N–H and O–H groups in total. The second kappa shape index (κ2) is 5.91. The first kappa shape index (κ1) is 14.2. The van der Waals surface area contributed by atoms with Gasteiger partial charge in [-0.05, 0) is 44.4 Å². The molecular formula is C14H23N5O2. The quantitative estimate of drug-likeness (QED) is 0.781. The van der Waals surface area contributed by atoms with E-state index in [1.54, 1.807) is 4.57 Å². The van der Waals surface area contributed by atoms with Gasteiger partial charge in [-0.3, -0.25) is 4.57 Å². The number of H-pyrrole nitrogens is 1. The van der Waals surface area contributed by atoms with Crippen LogP contribution in [0.3, 0.4) is 0 Å². The Morgan fingerprint density at radius 1 is 1.29 bits per heavy atom. The topological polar surface area (TPSA) is 91.8 Å². The molecule has 0 unspecified atom stereocenters. The molecule has 1 aromatic heterocycles. The maximum Gasteiger partial charge on any atom is 0.343 e. The maximum atomic E-state index is 11.9. The summed E-state index contributed by atoms with van der Waals surface area (Å²) in [6, 6.07) is 0.356. The van der Waals surface area contributed by atoms with Crippen LogP contribution >= 0.6 is 0 Å². The van der Waals surface area contributed by atoms with Gasteiger partial charge >= 0.3 is 11.7 Å². The number of hydrogen-bond donors (Lipinski definition) is 3. The smallest absolute Gasteiger partial charge is 0.335 e. The van der Waals surface area contributed by atoms with Gasteiger partial charge in [0.05, 0.1) is 6.54 Å². The Bertz CT molecular complexity index is 552. The Hall–Kier alpha value is -1.79. The summed E-state index contributed by atoms with van der Waals surface area (Å²) in [5.74, 6) is 1.37. The molecule has 3 rings (SSSR count). The van der Waals surface area contributed by atoms with Gasteiger partial charge in [0.15, 0.2) is 5.82 Å². The normalized spacial score (nSPS) is 25.6. The second-order valence-electron chi connectivity index (χ2n) is 6.33. The lowest BCUT2D eigenvalue weighted by Crippen LogP contribution is -2.43. The van der Waals surface area contributed by atoms with E-state index in [0.29, 0.717) is 5.82 Å². The molecule has 21 heavy (non-hydrogen) atoms. The van der Waals surface area contributed by atoms with Gasteiger partial charge in [0.2, 0.25) is 0 Å². The third-order valence-corrected chi connectivity index (χ3v) is 4.45. The van der Waals surface area contributed by atoms with Crippen molar-refractivity contribution >= 4 is 6.03 Å². The number of urea groups is 1. The SMILES string of the molecule is CC1CCC(NC(=O)NCc2n[nH]c(=O)n2C2CC2)CC1. The first-order valence-corrected chi connectivity index (χ1v) is 7.83. The zero-order valence-corrected chi connectivity index (χ0v) is 12.4. The molecule has 0 spiro atoms. The van der Waals surface area contributed by atoms with Gasteiger partial charge in [-0.25, -0.2) is 14.7 Å². The summed E-state index contributed by atoms with van der Waals surface area (Å²) in [4.78, 5) is 23.6. The van der Waals surface area contributed by atoms with Gasteiger partial charge in [0.1, 0.15) is 0 Å². The van der Waals surface area contributed by atoms with Crippen LogP contribution in [0, 0.1) is 5.92 Å². The molecular weight excluding hydrogens is 270 g/mol. The third-order valence-electron chi connectivity index (χ3n) is 4.45. The van der Waals surface area contributed by atoms with Crippen molar-refractivity contribution in [3.8, 4) is 0 Å². The van der Waals surface area contributed by atoms with Crippen molar-refractivity contribution in [3.63, 3.8) is 0 Å². The molecule has 0 radical (unpaired) electrons. The Balaban J connectivity index is 1.49. The number of nitrogens with one attached hydrogen (secondary N) is 3. The highest BCUT2D eigenvalue weighted by molar-refractivity contribution is 5.74. The van der Waals surface area contributed by atoms with E-state index in [-0.39, 0.29) is 30.3 Å². The monoisotopic (exact) mass is 293 g/mol. The number of amides is 2. The van der Waals surface area contributed by atoms with E-state index < -0.39 is 0 Å². The first-order valence-electron chi connectivity index (χ1n) is 7.83. The minimum atomic E-state index is -0.184. The highest BCUT2D eigenvalue weighted by Gasteiger charge is 2.28. The van der Waals surface area contributed by atoms with Crippen LogP contribution in [-0.2, 0) is 6.54 Å². The van der Waals surface area contributed by atoms with Gasteiger partial charge in [-0.15, -0.1) is 0 Å². The van der Waals surface area contributed by atoms with Gasteiger partial charge in [0.25, 0.3) is 0 Å². The molecule has 0 aromatic carbocycles. The number of nitrogens with zero attached hydrogens (tertiary/aromatic N) is 2. The van der Waals surface area contributed by atoms with E-state index in [9.17, 15) is 9.59 Å². The number of carbonyl (C=O) groups is 1. The van der Waals surface area contributed by atoms with Crippen LogP contribution in [-0.4, -0.2) is 26.8 Å². The van der Waals surface area contributed by atoms with Gasteiger partial charge in [-0.1, -0.05) is 6.92 Å². The Morgan fingerprint density at radius 2 is 2.00 bits per heavy atom. The maximum absolute atomic E-state index is 11.9. The zero-order valence-electron chi connectivity index (χ0n) is 12.4. The van der Waals surface area contributed by atoms with Gasteiger partial charge in [-0.2, -0.15) is 5.10 Å². The fourth-order valence-electron chi connectivity index (χ4n) is 2.97. The van der Waals surface area contributed by atoms with Crippen LogP contribution in [0.25, 0.3) is 0 Å². The molecule has 0 saturated heterocycles. The first-order chi connectivity index (χ1) is 10.1. The van der Waals surface area contributed by atoms with Crippen LogP contribution in [0.4, 0.5) is 4.79 Å². The fraction of sp³-hybridized carbons (Fsp3) is 0.786. The van der Waals surface area contributed by atoms with E-state index >= 15 is 0 Å². The number of rotatable bonds is 4. The lowest BCUT2D eigenvalue weighted by molar-refractivity contribution is 0.227. The summed E-state index contributed by atoms with van der Waals surface area (Å²) >= 11 is 0. The molecule has 2 aliphatic rings. The average molecular weight is 293 g/mol. The molecule has 2 fully saturated rings.